The van der Waals surface area contributed by atoms with Gasteiger partial charge in [-0.25, -0.2) is 4.79 Å². The topological polar surface area (TPSA) is 102 Å². The Morgan fingerprint density at radius 3 is 1.91 bits per heavy atom. The molecule has 0 bridgehead atoms. The Bertz CT molecular complexity index is 791. The number of amides is 1. The zero-order valence-corrected chi connectivity index (χ0v) is 19.9. The van der Waals surface area contributed by atoms with Gasteiger partial charge in [0.05, 0.1) is 0 Å². The van der Waals surface area contributed by atoms with Gasteiger partial charge >= 0.3 is 12.1 Å². The van der Waals surface area contributed by atoms with Crippen molar-refractivity contribution in [3.05, 3.63) is 0 Å². The fraction of sp³-hybridized carbons (Fsp3) is 0.720. The molecule has 2 aliphatic carbocycles. The number of carboxylic acid groups (broad SMARTS) is 1. The summed E-state index contributed by atoms with van der Waals surface area (Å²) in [5.41, 5.74) is 0. The summed E-state index contributed by atoms with van der Waals surface area (Å²) in [6.07, 6.45) is 4.04. The van der Waals surface area contributed by atoms with E-state index in [0.717, 1.165) is 57.8 Å². The van der Waals surface area contributed by atoms with Crippen molar-refractivity contribution in [2.24, 2.45) is 0 Å². The molecule has 2 atom stereocenters. The Morgan fingerprint density at radius 1 is 0.857 bits per heavy atom. The van der Waals surface area contributed by atoms with E-state index in [1.165, 1.54) is 6.42 Å². The molecule has 0 spiro atoms. The average Bonchev–Trinajstić information content (AvgIpc) is 2.74. The average molecular weight is 502 g/mol. The first kappa shape index (κ1) is 30.5. The van der Waals surface area contributed by atoms with E-state index in [1.807, 2.05) is 0 Å². The standard InChI is InChI=1S/C15H20F3NO3.C10H14O3/c16-15(17,18)13(20)9-6-10-19-14(21)11-22-12-7-4-2-1-3-5-8-12;11-10(12)8-13-9-6-4-2-1-3-5-7-9/h12H,1-4,6-7,9-11H2,(H,19,21);9H,1-4,6,8H2,(H,11,12). The first-order chi connectivity index (χ1) is 16.7. The van der Waals surface area contributed by atoms with Crippen molar-refractivity contribution in [3.8, 4) is 23.7 Å². The van der Waals surface area contributed by atoms with E-state index in [-0.39, 0.29) is 38.4 Å². The molecule has 2 rings (SSSR count). The molecular formula is C25H34F3NO6. The minimum atomic E-state index is -4.80. The lowest BCUT2D eigenvalue weighted by atomic mass is 10.1. The summed E-state index contributed by atoms with van der Waals surface area (Å²) >= 11 is 0. The number of alkyl halides is 3. The zero-order chi connectivity index (χ0) is 25.9. The molecule has 2 aliphatic rings. The largest absolute Gasteiger partial charge is 0.480 e. The van der Waals surface area contributed by atoms with Crippen LogP contribution in [0, 0.1) is 23.7 Å². The summed E-state index contributed by atoms with van der Waals surface area (Å²) in [6, 6.07) is 0. The molecule has 0 aromatic carbocycles. The first-order valence-corrected chi connectivity index (χ1v) is 12.0. The number of ketones is 1. The summed E-state index contributed by atoms with van der Waals surface area (Å²) in [4.78, 5) is 32.3. The van der Waals surface area contributed by atoms with Gasteiger partial charge in [-0.05, 0) is 44.9 Å². The van der Waals surface area contributed by atoms with Crippen LogP contribution in [0.2, 0.25) is 0 Å². The second-order valence-corrected chi connectivity index (χ2v) is 8.21. The van der Waals surface area contributed by atoms with Crippen molar-refractivity contribution >= 4 is 17.7 Å². The SMILES string of the molecule is O=C(COC1C#CCCCCC1)NCCCC(=O)C(F)(F)F.O=C(O)COC1C#CCCCCC1. The molecule has 2 N–H and O–H groups in total. The Kier molecular flexibility index (Phi) is 15.5. The molecule has 1 amide bonds. The lowest BCUT2D eigenvalue weighted by molar-refractivity contribution is -0.171. The van der Waals surface area contributed by atoms with E-state index in [1.54, 1.807) is 0 Å². The minimum Gasteiger partial charge on any atom is -0.480 e. The van der Waals surface area contributed by atoms with E-state index in [0.29, 0.717) is 0 Å². The Labute approximate surface area is 204 Å². The van der Waals surface area contributed by atoms with Crippen LogP contribution in [-0.4, -0.2) is 60.9 Å². The number of aliphatic carboxylic acids is 1. The number of halogens is 3. The predicted molar refractivity (Wildman–Crippen MR) is 122 cm³/mol. The third-order valence-electron chi connectivity index (χ3n) is 5.10. The molecule has 7 nitrogen and oxygen atoms in total. The van der Waals surface area contributed by atoms with E-state index >= 15 is 0 Å². The molecule has 0 aliphatic heterocycles. The molecule has 0 fully saturated rings. The minimum absolute atomic E-state index is 0.0142. The van der Waals surface area contributed by atoms with Crippen molar-refractivity contribution in [2.75, 3.05) is 19.8 Å². The fourth-order valence-electron chi connectivity index (χ4n) is 3.22. The van der Waals surface area contributed by atoms with Crippen LogP contribution in [0.5, 0.6) is 0 Å². The van der Waals surface area contributed by atoms with Crippen molar-refractivity contribution in [1.82, 2.24) is 5.32 Å². The van der Waals surface area contributed by atoms with Gasteiger partial charge in [0.2, 0.25) is 11.7 Å². The number of rotatable bonds is 10. The number of carbonyl (C=O) groups excluding carboxylic acids is 2. The number of nitrogens with one attached hydrogen (secondary N) is 1. The summed E-state index contributed by atoms with van der Waals surface area (Å²) in [6.45, 7) is -0.397. The lowest BCUT2D eigenvalue weighted by Crippen LogP contribution is -2.31. The van der Waals surface area contributed by atoms with Crippen molar-refractivity contribution < 1.29 is 42.1 Å². The quantitative estimate of drug-likeness (QED) is 0.349. The van der Waals surface area contributed by atoms with E-state index in [4.69, 9.17) is 14.6 Å². The Hall–Kier alpha value is -2.56. The van der Waals surface area contributed by atoms with Crippen LogP contribution in [0.25, 0.3) is 0 Å². The molecule has 35 heavy (non-hydrogen) atoms. The lowest BCUT2D eigenvalue weighted by Gasteiger charge is -2.13. The fourth-order valence-corrected chi connectivity index (χ4v) is 3.22. The van der Waals surface area contributed by atoms with Gasteiger partial charge in [-0.15, -0.1) is 11.8 Å². The molecule has 0 radical (unpaired) electrons. The molecule has 0 heterocycles. The van der Waals surface area contributed by atoms with Gasteiger partial charge in [0.15, 0.2) is 0 Å². The first-order valence-electron chi connectivity index (χ1n) is 12.0. The maximum absolute atomic E-state index is 12.0. The highest BCUT2D eigenvalue weighted by Crippen LogP contribution is 2.18. The van der Waals surface area contributed by atoms with Crippen molar-refractivity contribution in [1.29, 1.82) is 0 Å². The van der Waals surface area contributed by atoms with Gasteiger partial charge in [0.1, 0.15) is 25.4 Å². The van der Waals surface area contributed by atoms with E-state index in [9.17, 15) is 27.6 Å². The molecule has 2 unspecified atom stereocenters. The maximum atomic E-state index is 12.0. The van der Waals surface area contributed by atoms with Crippen LogP contribution >= 0.6 is 0 Å². The monoisotopic (exact) mass is 501 g/mol. The normalized spacial score (nSPS) is 20.0. The van der Waals surface area contributed by atoms with Gasteiger partial charge < -0.3 is 19.9 Å². The molecule has 196 valence electrons. The van der Waals surface area contributed by atoms with Gasteiger partial charge in [-0.1, -0.05) is 24.7 Å². The Morgan fingerprint density at radius 2 is 1.40 bits per heavy atom. The Balaban J connectivity index is 0.000000400. The molecule has 0 saturated heterocycles. The summed E-state index contributed by atoms with van der Waals surface area (Å²) in [5, 5.41) is 10.8. The second-order valence-electron chi connectivity index (χ2n) is 8.21. The van der Waals surface area contributed by atoms with Crippen LogP contribution in [-0.2, 0) is 23.9 Å². The van der Waals surface area contributed by atoms with Crippen molar-refractivity contribution in [2.45, 2.75) is 95.4 Å². The van der Waals surface area contributed by atoms with Crippen LogP contribution in [0.1, 0.15) is 77.0 Å². The summed E-state index contributed by atoms with van der Waals surface area (Å²) in [7, 11) is 0. The number of ether oxygens (including phenoxy) is 2. The van der Waals surface area contributed by atoms with Crippen molar-refractivity contribution in [3.63, 3.8) is 0 Å². The van der Waals surface area contributed by atoms with Crippen LogP contribution in [0.4, 0.5) is 13.2 Å². The van der Waals surface area contributed by atoms with Gasteiger partial charge in [0.25, 0.3) is 0 Å². The number of carbonyl (C=O) groups is 3. The highest BCUT2D eigenvalue weighted by molar-refractivity contribution is 5.84. The van der Waals surface area contributed by atoms with Crippen LogP contribution in [0.3, 0.4) is 0 Å². The molecule has 0 aromatic rings. The maximum Gasteiger partial charge on any atom is 0.449 e. The van der Waals surface area contributed by atoms with Crippen LogP contribution < -0.4 is 5.32 Å². The van der Waals surface area contributed by atoms with E-state index in [2.05, 4.69) is 29.0 Å². The zero-order valence-electron chi connectivity index (χ0n) is 19.9. The molecular weight excluding hydrogens is 467 g/mol. The van der Waals surface area contributed by atoms with Gasteiger partial charge in [-0.2, -0.15) is 13.2 Å². The smallest absolute Gasteiger partial charge is 0.449 e. The molecule has 0 aromatic heterocycles. The number of carboxylic acids is 1. The predicted octanol–water partition coefficient (Wildman–Crippen LogP) is 3.79. The van der Waals surface area contributed by atoms with E-state index < -0.39 is 30.3 Å². The highest BCUT2D eigenvalue weighted by atomic mass is 19.4. The summed E-state index contributed by atoms with van der Waals surface area (Å²) in [5.74, 6) is 8.76. The number of Topliss-reactive ketones (excluding diaryl/α,β-unsaturated/α-hetero) is 1. The summed E-state index contributed by atoms with van der Waals surface area (Å²) < 4.78 is 46.3. The second kappa shape index (κ2) is 17.8. The number of hydrogen-bond donors (Lipinski definition) is 2. The molecule has 10 heteroatoms. The number of hydrogen-bond acceptors (Lipinski definition) is 5. The third kappa shape index (κ3) is 16.7. The third-order valence-corrected chi connectivity index (χ3v) is 5.10. The van der Waals surface area contributed by atoms with Gasteiger partial charge in [-0.3, -0.25) is 9.59 Å². The molecule has 0 saturated carbocycles. The highest BCUT2D eigenvalue weighted by Gasteiger charge is 2.37. The van der Waals surface area contributed by atoms with Gasteiger partial charge in [0, 0.05) is 25.8 Å². The van der Waals surface area contributed by atoms with Crippen LogP contribution in [0.15, 0.2) is 0 Å².